The Morgan fingerprint density at radius 3 is 2.59 bits per heavy atom. The number of hydrazone groups is 1. The number of aliphatic imine (C=N–C) groups is 1. The lowest BCUT2D eigenvalue weighted by Crippen LogP contribution is -2.55. The van der Waals surface area contributed by atoms with Gasteiger partial charge >= 0.3 is 5.97 Å². The van der Waals surface area contributed by atoms with Gasteiger partial charge in [-0.3, -0.25) is 10.3 Å². The molecule has 3 N–H and O–H groups in total. The van der Waals surface area contributed by atoms with E-state index in [1.54, 1.807) is 68.6 Å². The highest BCUT2D eigenvalue weighted by atomic mass is 35.5. The molecule has 0 spiro atoms. The van der Waals surface area contributed by atoms with Gasteiger partial charge in [0, 0.05) is 16.8 Å². The van der Waals surface area contributed by atoms with Gasteiger partial charge in [-0.25, -0.2) is 9.79 Å². The Labute approximate surface area is 161 Å². The van der Waals surface area contributed by atoms with Crippen molar-refractivity contribution in [2.45, 2.75) is 25.6 Å². The van der Waals surface area contributed by atoms with Crippen LogP contribution in [-0.4, -0.2) is 39.3 Å². The molecular formula is C19H19ClN4O3. The van der Waals surface area contributed by atoms with E-state index in [1.807, 2.05) is 0 Å². The van der Waals surface area contributed by atoms with Crippen LogP contribution in [0.2, 0.25) is 5.02 Å². The highest BCUT2D eigenvalue weighted by Crippen LogP contribution is 2.36. The maximum Gasteiger partial charge on any atom is 0.326 e. The van der Waals surface area contributed by atoms with Gasteiger partial charge < -0.3 is 10.2 Å². The van der Waals surface area contributed by atoms with Crippen molar-refractivity contribution in [2.24, 2.45) is 10.1 Å². The van der Waals surface area contributed by atoms with Crippen molar-refractivity contribution in [2.75, 3.05) is 0 Å². The zero-order chi connectivity index (χ0) is 19.6. The summed E-state index contributed by atoms with van der Waals surface area (Å²) < 4.78 is 0. The first-order chi connectivity index (χ1) is 12.8. The van der Waals surface area contributed by atoms with Gasteiger partial charge in [-0.2, -0.15) is 0 Å². The first-order valence-corrected chi connectivity index (χ1v) is 8.66. The van der Waals surface area contributed by atoms with Crippen molar-refractivity contribution in [3.63, 3.8) is 0 Å². The van der Waals surface area contributed by atoms with Crippen LogP contribution in [0.3, 0.4) is 0 Å². The number of halogens is 1. The van der Waals surface area contributed by atoms with Gasteiger partial charge in [0.05, 0.1) is 0 Å². The van der Waals surface area contributed by atoms with E-state index >= 15 is 0 Å². The Kier molecular flexibility index (Phi) is 5.05. The number of aromatic hydroxyl groups is 1. The quantitative estimate of drug-likeness (QED) is 0.702. The smallest absolute Gasteiger partial charge is 0.326 e. The van der Waals surface area contributed by atoms with E-state index in [2.05, 4.69) is 15.5 Å². The van der Waals surface area contributed by atoms with E-state index in [4.69, 9.17) is 11.6 Å². The van der Waals surface area contributed by atoms with Gasteiger partial charge in [-0.1, -0.05) is 41.9 Å². The van der Waals surface area contributed by atoms with Gasteiger partial charge in [0.2, 0.25) is 5.96 Å². The highest BCUT2D eigenvalue weighted by Gasteiger charge is 2.46. The monoisotopic (exact) mass is 386 g/mol. The normalized spacial score (nSPS) is 20.4. The number of hydrogen-bond donors (Lipinski definition) is 3. The predicted molar refractivity (Wildman–Crippen MR) is 104 cm³/mol. The molecule has 0 aliphatic carbocycles. The Morgan fingerprint density at radius 2 is 1.96 bits per heavy atom. The van der Waals surface area contributed by atoms with E-state index in [-0.39, 0.29) is 11.7 Å². The summed E-state index contributed by atoms with van der Waals surface area (Å²) in [5.74, 6) is -0.798. The Bertz CT molecular complexity index is 913. The number of phenolic OH excluding ortho intramolecular Hbond substituents is 1. The Balaban J connectivity index is 1.98. The number of carboxylic acids is 1. The molecule has 0 fully saturated rings. The topological polar surface area (TPSA) is 97.5 Å². The third-order valence-electron chi connectivity index (χ3n) is 4.44. The van der Waals surface area contributed by atoms with E-state index in [0.29, 0.717) is 10.6 Å². The molecule has 0 saturated carbocycles. The van der Waals surface area contributed by atoms with Crippen molar-refractivity contribution in [1.82, 2.24) is 10.3 Å². The highest BCUT2D eigenvalue weighted by molar-refractivity contribution is 6.30. The SMILES string of the molecule is CC(C(=O)O)N1C(/N=C/c2ccc(Cl)cc2)=NNC1(C)c1ccccc1O. The molecule has 140 valence electrons. The lowest BCUT2D eigenvalue weighted by atomic mass is 9.98. The third kappa shape index (κ3) is 3.59. The van der Waals surface area contributed by atoms with Crippen LogP contribution >= 0.6 is 11.6 Å². The first-order valence-electron chi connectivity index (χ1n) is 8.28. The number of nitrogens with one attached hydrogen (secondary N) is 1. The fraction of sp³-hybridized carbons (Fsp3) is 0.211. The summed E-state index contributed by atoms with van der Waals surface area (Å²) in [6, 6.07) is 12.8. The molecule has 0 radical (unpaired) electrons. The molecule has 2 aromatic rings. The van der Waals surface area contributed by atoms with Crippen LogP contribution in [0.25, 0.3) is 0 Å². The first kappa shape index (κ1) is 18.7. The van der Waals surface area contributed by atoms with Crippen LogP contribution in [0.1, 0.15) is 25.0 Å². The van der Waals surface area contributed by atoms with Crippen LogP contribution in [-0.2, 0) is 10.5 Å². The molecule has 27 heavy (non-hydrogen) atoms. The number of guanidine groups is 1. The van der Waals surface area contributed by atoms with Crippen molar-refractivity contribution >= 4 is 29.7 Å². The molecule has 7 nitrogen and oxygen atoms in total. The van der Waals surface area contributed by atoms with Gasteiger partial charge in [0.25, 0.3) is 0 Å². The second-order valence-corrected chi connectivity index (χ2v) is 6.74. The van der Waals surface area contributed by atoms with Gasteiger partial charge in [0.15, 0.2) is 5.66 Å². The molecule has 3 rings (SSSR count). The van der Waals surface area contributed by atoms with Crippen molar-refractivity contribution in [3.05, 3.63) is 64.7 Å². The standard InChI is InChI=1S/C19H19ClN4O3/c1-12(17(26)27)24-18(21-11-13-7-9-14(20)10-8-13)22-23-19(24,2)15-5-3-4-6-16(15)25/h3-12,23,25H,1-2H3,(H,26,27)/b21-11+. The predicted octanol–water partition coefficient (Wildman–Crippen LogP) is 2.99. The fourth-order valence-corrected chi connectivity index (χ4v) is 3.11. The summed E-state index contributed by atoms with van der Waals surface area (Å²) in [7, 11) is 0. The molecule has 0 saturated heterocycles. The summed E-state index contributed by atoms with van der Waals surface area (Å²) in [6.45, 7) is 3.29. The third-order valence-corrected chi connectivity index (χ3v) is 4.70. The average Bonchev–Trinajstić information content (AvgIpc) is 2.98. The van der Waals surface area contributed by atoms with Gasteiger partial charge in [-0.15, -0.1) is 5.10 Å². The Hall–Kier alpha value is -3.06. The number of nitrogens with zero attached hydrogens (tertiary/aromatic N) is 3. The van der Waals surface area contributed by atoms with Gasteiger partial charge in [-0.05, 0) is 37.6 Å². The zero-order valence-corrected chi connectivity index (χ0v) is 15.6. The van der Waals surface area contributed by atoms with Gasteiger partial charge in [0.1, 0.15) is 11.8 Å². The molecule has 0 aromatic heterocycles. The second-order valence-electron chi connectivity index (χ2n) is 6.31. The molecule has 1 aliphatic rings. The van der Waals surface area contributed by atoms with E-state index in [0.717, 1.165) is 5.56 Å². The summed E-state index contributed by atoms with van der Waals surface area (Å²) >= 11 is 5.88. The number of carbonyl (C=O) groups is 1. The molecule has 0 amide bonds. The minimum absolute atomic E-state index is 0.0354. The molecule has 8 heteroatoms. The van der Waals surface area contributed by atoms with E-state index in [9.17, 15) is 15.0 Å². The fourth-order valence-electron chi connectivity index (χ4n) is 2.99. The van der Waals surface area contributed by atoms with Crippen molar-refractivity contribution < 1.29 is 15.0 Å². The summed E-state index contributed by atoms with van der Waals surface area (Å²) in [6.07, 6.45) is 1.58. The molecular weight excluding hydrogens is 368 g/mol. The minimum Gasteiger partial charge on any atom is -0.508 e. The maximum atomic E-state index is 11.7. The number of benzene rings is 2. The number of phenols is 1. The van der Waals surface area contributed by atoms with Crippen LogP contribution in [0.15, 0.2) is 58.6 Å². The largest absolute Gasteiger partial charge is 0.508 e. The molecule has 2 atom stereocenters. The molecule has 2 aromatic carbocycles. The number of para-hydroxylation sites is 1. The van der Waals surface area contributed by atoms with Crippen LogP contribution in [0, 0.1) is 0 Å². The molecule has 1 aliphatic heterocycles. The Morgan fingerprint density at radius 1 is 1.30 bits per heavy atom. The van der Waals surface area contributed by atoms with Crippen LogP contribution in [0.5, 0.6) is 5.75 Å². The summed E-state index contributed by atoms with van der Waals surface area (Å²) in [4.78, 5) is 17.6. The van der Waals surface area contributed by atoms with Crippen LogP contribution in [0.4, 0.5) is 0 Å². The molecule has 0 bridgehead atoms. The summed E-state index contributed by atoms with van der Waals surface area (Å²) in [5, 5.41) is 24.7. The zero-order valence-electron chi connectivity index (χ0n) is 14.8. The lowest BCUT2D eigenvalue weighted by molar-refractivity contribution is -0.143. The van der Waals surface area contributed by atoms with E-state index < -0.39 is 17.7 Å². The van der Waals surface area contributed by atoms with Crippen LogP contribution < -0.4 is 5.43 Å². The second kappa shape index (κ2) is 7.28. The average molecular weight is 387 g/mol. The minimum atomic E-state index is -1.07. The number of aliphatic carboxylic acids is 1. The number of rotatable bonds is 4. The number of carboxylic acid groups (broad SMARTS) is 1. The van der Waals surface area contributed by atoms with E-state index in [1.165, 1.54) is 4.90 Å². The molecule has 2 unspecified atom stereocenters. The maximum absolute atomic E-state index is 11.7. The molecule has 1 heterocycles. The lowest BCUT2D eigenvalue weighted by Gasteiger charge is -2.38. The van der Waals surface area contributed by atoms with Crippen molar-refractivity contribution in [1.29, 1.82) is 0 Å². The summed E-state index contributed by atoms with van der Waals surface area (Å²) in [5.41, 5.74) is 3.14. The number of hydrogen-bond acceptors (Lipinski definition) is 6. The van der Waals surface area contributed by atoms with Crippen molar-refractivity contribution in [3.8, 4) is 5.75 Å².